The number of aliphatic hydroxyl groups excluding tert-OH is 7. The van der Waals surface area contributed by atoms with Crippen molar-refractivity contribution in [2.24, 2.45) is 46.8 Å². The van der Waals surface area contributed by atoms with E-state index in [2.05, 4.69) is 0 Å². The molecule has 4 saturated carbocycles. The van der Waals surface area contributed by atoms with Gasteiger partial charge in [0.1, 0.15) is 22.9 Å². The Morgan fingerprint density at radius 3 is 1.95 bits per heavy atom. The van der Waals surface area contributed by atoms with Crippen LogP contribution in [-0.2, 0) is 0 Å². The first-order valence-corrected chi connectivity index (χ1v) is 13.9. The summed E-state index contributed by atoms with van der Waals surface area (Å²) in [5.74, 6) is -6.10. The van der Waals surface area contributed by atoms with Crippen LogP contribution < -0.4 is 0 Å². The SMILES string of the molecule is CCCC1CC(C(C)(C)C)C(O)C2C(O)C3C(O)C4(O)C(O)C(C(O)O)C(O)CC4(O)C(O)C3(O)C(C)C12. The van der Waals surface area contributed by atoms with Gasteiger partial charge in [0.25, 0.3) is 0 Å². The fourth-order valence-electron chi connectivity index (χ4n) is 9.30. The standard InChI is InChI=1S/C27H48O11/c1-6-7-11-8-12(24(3,4)5)18(29)16-14(11)10(2)26(37)17(19(16)30)21(32)27(38)20(31)15(22(33)34)13(28)9-25(27,36)23(26)35/h10-23,28-38H,6-9H2,1-5H3. The van der Waals surface area contributed by atoms with E-state index in [1.54, 1.807) is 6.92 Å². The summed E-state index contributed by atoms with van der Waals surface area (Å²) in [4.78, 5) is 0. The molecule has 0 heterocycles. The molecule has 0 saturated heterocycles. The lowest BCUT2D eigenvalue weighted by Crippen LogP contribution is -2.89. The first-order valence-electron chi connectivity index (χ1n) is 13.9. The lowest BCUT2D eigenvalue weighted by atomic mass is 9.40. The molecule has 0 spiro atoms. The lowest BCUT2D eigenvalue weighted by Gasteiger charge is -2.71. The van der Waals surface area contributed by atoms with Gasteiger partial charge in [0, 0.05) is 18.3 Å². The topological polar surface area (TPSA) is 223 Å². The zero-order valence-electron chi connectivity index (χ0n) is 22.8. The third kappa shape index (κ3) is 3.74. The van der Waals surface area contributed by atoms with Crippen molar-refractivity contribution in [3.05, 3.63) is 0 Å². The van der Waals surface area contributed by atoms with E-state index >= 15 is 0 Å². The summed E-state index contributed by atoms with van der Waals surface area (Å²) in [6.45, 7) is 9.61. The van der Waals surface area contributed by atoms with Gasteiger partial charge in [-0.25, -0.2) is 0 Å². The molecule has 4 aliphatic rings. The summed E-state index contributed by atoms with van der Waals surface area (Å²) in [6, 6.07) is 0. The Hall–Kier alpha value is -0.440. The summed E-state index contributed by atoms with van der Waals surface area (Å²) in [5.41, 5.74) is -8.65. The Morgan fingerprint density at radius 1 is 0.868 bits per heavy atom. The van der Waals surface area contributed by atoms with Crippen LogP contribution in [0.25, 0.3) is 0 Å². The van der Waals surface area contributed by atoms with E-state index < -0.39 is 95.7 Å². The maximum Gasteiger partial charge on any atom is 0.159 e. The minimum Gasteiger partial charge on any atom is -0.392 e. The quantitative estimate of drug-likeness (QED) is 0.168. The highest BCUT2D eigenvalue weighted by Gasteiger charge is 2.81. The second-order valence-corrected chi connectivity index (χ2v) is 13.9. The van der Waals surface area contributed by atoms with Crippen LogP contribution >= 0.6 is 0 Å². The molecule has 0 bridgehead atoms. The number of rotatable bonds is 3. The molecule has 11 nitrogen and oxygen atoms in total. The van der Waals surface area contributed by atoms with Gasteiger partial charge >= 0.3 is 0 Å². The van der Waals surface area contributed by atoms with E-state index in [1.807, 2.05) is 27.7 Å². The first-order chi connectivity index (χ1) is 17.3. The fraction of sp³-hybridized carbons (Fsp3) is 1.00. The maximum absolute atomic E-state index is 12.2. The molecule has 4 aliphatic carbocycles. The molecule has 222 valence electrons. The maximum atomic E-state index is 12.2. The van der Waals surface area contributed by atoms with Crippen LogP contribution in [0.3, 0.4) is 0 Å². The molecule has 38 heavy (non-hydrogen) atoms. The number of aliphatic hydroxyl groups is 11. The van der Waals surface area contributed by atoms with Crippen molar-refractivity contribution in [2.75, 3.05) is 0 Å². The lowest BCUT2D eigenvalue weighted by molar-refractivity contribution is -0.411. The van der Waals surface area contributed by atoms with Gasteiger partial charge in [-0.15, -0.1) is 0 Å². The molecule has 0 aromatic heterocycles. The number of hydrogen-bond acceptors (Lipinski definition) is 11. The average Bonchev–Trinajstić information content (AvgIpc) is 2.79. The average molecular weight is 549 g/mol. The van der Waals surface area contributed by atoms with Crippen molar-refractivity contribution in [1.29, 1.82) is 0 Å². The highest BCUT2D eigenvalue weighted by molar-refractivity contribution is 5.30. The summed E-state index contributed by atoms with van der Waals surface area (Å²) in [7, 11) is 0. The van der Waals surface area contributed by atoms with Gasteiger partial charge < -0.3 is 56.2 Å². The molecular weight excluding hydrogens is 500 g/mol. The Bertz CT molecular complexity index is 880. The van der Waals surface area contributed by atoms with Crippen LogP contribution in [0.15, 0.2) is 0 Å². The molecular formula is C27H48O11. The Balaban J connectivity index is 1.88. The van der Waals surface area contributed by atoms with Crippen LogP contribution in [0.5, 0.6) is 0 Å². The Labute approximate surface area is 223 Å². The summed E-state index contributed by atoms with van der Waals surface area (Å²) in [5, 5.41) is 123. The summed E-state index contributed by atoms with van der Waals surface area (Å²) in [6.07, 6.45) is -12.5. The number of fused-ring (bicyclic) bond motifs is 3. The molecule has 11 N–H and O–H groups in total. The van der Waals surface area contributed by atoms with Gasteiger partial charge in [-0.2, -0.15) is 0 Å². The van der Waals surface area contributed by atoms with Gasteiger partial charge in [-0.3, -0.25) is 0 Å². The summed E-state index contributed by atoms with van der Waals surface area (Å²) >= 11 is 0. The molecule has 0 aromatic rings. The van der Waals surface area contributed by atoms with Gasteiger partial charge in [0.2, 0.25) is 0 Å². The van der Waals surface area contributed by atoms with Crippen LogP contribution in [0, 0.1) is 46.8 Å². The third-order valence-electron chi connectivity index (χ3n) is 11.2. The minimum absolute atomic E-state index is 0.0662. The highest BCUT2D eigenvalue weighted by Crippen LogP contribution is 2.64. The Morgan fingerprint density at radius 2 is 1.45 bits per heavy atom. The van der Waals surface area contributed by atoms with Crippen molar-refractivity contribution in [2.45, 2.75) is 120 Å². The van der Waals surface area contributed by atoms with Crippen LogP contribution in [0.1, 0.15) is 60.3 Å². The molecule has 16 atom stereocenters. The van der Waals surface area contributed by atoms with E-state index in [4.69, 9.17) is 0 Å². The molecule has 0 amide bonds. The predicted octanol–water partition coefficient (Wildman–Crippen LogP) is -2.33. The zero-order valence-corrected chi connectivity index (χ0v) is 22.8. The van der Waals surface area contributed by atoms with E-state index in [0.29, 0.717) is 6.42 Å². The van der Waals surface area contributed by atoms with Crippen molar-refractivity contribution >= 4 is 0 Å². The van der Waals surface area contributed by atoms with E-state index in [-0.39, 0.29) is 17.3 Å². The number of hydrogen-bond donors (Lipinski definition) is 11. The van der Waals surface area contributed by atoms with Crippen LogP contribution in [0.2, 0.25) is 0 Å². The van der Waals surface area contributed by atoms with Crippen molar-refractivity contribution in [3.63, 3.8) is 0 Å². The second-order valence-electron chi connectivity index (χ2n) is 13.9. The normalized spacial score (nSPS) is 57.2. The monoisotopic (exact) mass is 548 g/mol. The largest absolute Gasteiger partial charge is 0.392 e. The molecule has 0 radical (unpaired) electrons. The molecule has 4 rings (SSSR count). The predicted molar refractivity (Wildman–Crippen MR) is 133 cm³/mol. The van der Waals surface area contributed by atoms with Gasteiger partial charge in [0.15, 0.2) is 6.29 Å². The minimum atomic E-state index is -3.06. The van der Waals surface area contributed by atoms with Crippen molar-refractivity contribution < 1.29 is 56.2 Å². The van der Waals surface area contributed by atoms with Gasteiger partial charge in [0.05, 0.1) is 36.4 Å². The van der Waals surface area contributed by atoms with Gasteiger partial charge in [-0.1, -0.05) is 47.5 Å². The van der Waals surface area contributed by atoms with Crippen LogP contribution in [-0.4, -0.2) is 116 Å². The molecule has 16 unspecified atom stereocenters. The van der Waals surface area contributed by atoms with E-state index in [0.717, 1.165) is 12.8 Å². The van der Waals surface area contributed by atoms with Crippen LogP contribution in [0.4, 0.5) is 0 Å². The second kappa shape index (κ2) is 9.55. The smallest absolute Gasteiger partial charge is 0.159 e. The molecule has 11 heteroatoms. The molecule has 0 aromatic carbocycles. The van der Waals surface area contributed by atoms with Crippen molar-refractivity contribution in [3.8, 4) is 0 Å². The zero-order chi connectivity index (χ0) is 28.9. The van der Waals surface area contributed by atoms with E-state index in [1.165, 1.54) is 0 Å². The van der Waals surface area contributed by atoms with Crippen molar-refractivity contribution in [1.82, 2.24) is 0 Å². The molecule has 0 aliphatic heterocycles. The first kappa shape index (κ1) is 30.5. The Kier molecular flexibility index (Phi) is 7.67. The third-order valence-corrected chi connectivity index (χ3v) is 11.2. The highest BCUT2D eigenvalue weighted by atomic mass is 16.5. The fourth-order valence-corrected chi connectivity index (χ4v) is 9.30. The van der Waals surface area contributed by atoms with E-state index in [9.17, 15) is 56.2 Å². The van der Waals surface area contributed by atoms with Gasteiger partial charge in [-0.05, 0) is 35.5 Å². The molecule has 4 fully saturated rings. The summed E-state index contributed by atoms with van der Waals surface area (Å²) < 4.78 is 0.